The Bertz CT molecular complexity index is 843. The molecule has 0 saturated heterocycles. The molecule has 2 N–H and O–H groups in total. The first-order valence-electron chi connectivity index (χ1n) is 10.3. The van der Waals surface area contributed by atoms with E-state index in [9.17, 15) is 0 Å². The first kappa shape index (κ1) is 21.7. The molecule has 3 rings (SSSR count). The Morgan fingerprint density at radius 2 is 1.96 bits per heavy atom. The third-order valence-corrected chi connectivity index (χ3v) is 4.71. The zero-order chi connectivity index (χ0) is 20.7. The van der Waals surface area contributed by atoms with Crippen LogP contribution >= 0.6 is 0 Å². The Morgan fingerprint density at radius 1 is 1.21 bits per heavy atom. The number of benzene rings is 1. The first-order valence-corrected chi connectivity index (χ1v) is 10.3. The number of hydrogen-bond acceptors (Lipinski definition) is 5. The molecule has 5 nitrogen and oxygen atoms in total. The second-order valence-electron chi connectivity index (χ2n) is 6.75. The largest absolute Gasteiger partial charge is 0.493 e. The van der Waals surface area contributed by atoms with Crippen LogP contribution in [0.5, 0.6) is 5.75 Å². The number of anilines is 3. The van der Waals surface area contributed by atoms with Crippen LogP contribution in [0.4, 0.5) is 17.5 Å². The summed E-state index contributed by atoms with van der Waals surface area (Å²) in [5.41, 5.74) is 6.85. The summed E-state index contributed by atoms with van der Waals surface area (Å²) in [6.45, 7) is 13.2. The van der Waals surface area contributed by atoms with Gasteiger partial charge in [0.2, 0.25) is 5.95 Å². The van der Waals surface area contributed by atoms with Crippen LogP contribution in [0.15, 0.2) is 18.2 Å². The minimum absolute atomic E-state index is 0.609. The van der Waals surface area contributed by atoms with Crippen molar-refractivity contribution in [2.45, 2.75) is 60.8 Å². The van der Waals surface area contributed by atoms with Crippen LogP contribution in [0, 0.1) is 13.8 Å². The van der Waals surface area contributed by atoms with Crippen LogP contribution < -0.4 is 15.4 Å². The van der Waals surface area contributed by atoms with Gasteiger partial charge in [-0.05, 0) is 62.8 Å². The van der Waals surface area contributed by atoms with Gasteiger partial charge < -0.3 is 15.4 Å². The van der Waals surface area contributed by atoms with Gasteiger partial charge in [-0.3, -0.25) is 0 Å². The van der Waals surface area contributed by atoms with Gasteiger partial charge in [-0.1, -0.05) is 26.8 Å². The number of fused-ring (bicyclic) bond motifs is 1. The molecule has 1 aliphatic rings. The zero-order valence-corrected chi connectivity index (χ0v) is 18.4. The molecule has 1 aliphatic heterocycles. The van der Waals surface area contributed by atoms with Crippen molar-refractivity contribution in [3.63, 3.8) is 0 Å². The lowest BCUT2D eigenvalue weighted by Crippen LogP contribution is -2.13. The molecule has 1 aromatic heterocycles. The zero-order valence-electron chi connectivity index (χ0n) is 18.4. The summed E-state index contributed by atoms with van der Waals surface area (Å²) in [5, 5.41) is 6.51. The van der Waals surface area contributed by atoms with E-state index in [-0.39, 0.29) is 0 Å². The molecular formula is C23H34N4O. The number of aryl methyl sites for hydroxylation is 2. The number of rotatable bonds is 5. The second kappa shape index (κ2) is 10.1. The van der Waals surface area contributed by atoms with Crippen molar-refractivity contribution in [3.8, 4) is 5.75 Å². The molecule has 0 unspecified atom stereocenters. The standard InChI is InChI=1S/C21H28N4O.C2H6/c1-6-8-13(2)19-15(4)17(12-16-9-7-10-26-20(16)19)24-21-23-14(3)11-18(22-5)25-21;1-2/h8,11-12H,6-7,9-10H2,1-5H3,(H2,22,23,24,25);1-2H3/b13-8+;. The van der Waals surface area contributed by atoms with E-state index in [1.54, 1.807) is 0 Å². The molecule has 152 valence electrons. The molecule has 0 spiro atoms. The van der Waals surface area contributed by atoms with E-state index in [0.29, 0.717) is 5.95 Å². The predicted molar refractivity (Wildman–Crippen MR) is 120 cm³/mol. The van der Waals surface area contributed by atoms with Gasteiger partial charge in [0.15, 0.2) is 0 Å². The van der Waals surface area contributed by atoms with E-state index in [0.717, 1.165) is 48.8 Å². The van der Waals surface area contributed by atoms with E-state index >= 15 is 0 Å². The minimum atomic E-state index is 0.609. The minimum Gasteiger partial charge on any atom is -0.493 e. The van der Waals surface area contributed by atoms with E-state index in [1.165, 1.54) is 22.3 Å². The summed E-state index contributed by atoms with van der Waals surface area (Å²) in [6.07, 6.45) is 5.35. The second-order valence-corrected chi connectivity index (χ2v) is 6.75. The summed E-state index contributed by atoms with van der Waals surface area (Å²) >= 11 is 0. The van der Waals surface area contributed by atoms with Crippen LogP contribution in [0.1, 0.15) is 62.9 Å². The molecule has 0 atom stereocenters. The van der Waals surface area contributed by atoms with Crippen LogP contribution in [-0.2, 0) is 6.42 Å². The quantitative estimate of drug-likeness (QED) is 0.660. The van der Waals surface area contributed by atoms with Gasteiger partial charge in [0.05, 0.1) is 6.61 Å². The van der Waals surface area contributed by atoms with Crippen LogP contribution in [0.2, 0.25) is 0 Å². The van der Waals surface area contributed by atoms with Gasteiger partial charge in [0.1, 0.15) is 11.6 Å². The van der Waals surface area contributed by atoms with Gasteiger partial charge in [-0.15, -0.1) is 0 Å². The van der Waals surface area contributed by atoms with E-state index < -0.39 is 0 Å². The summed E-state index contributed by atoms with van der Waals surface area (Å²) in [5.74, 6) is 2.46. The van der Waals surface area contributed by atoms with Gasteiger partial charge in [0, 0.05) is 30.1 Å². The maximum absolute atomic E-state index is 6.05. The topological polar surface area (TPSA) is 59.1 Å². The molecule has 0 fully saturated rings. The smallest absolute Gasteiger partial charge is 0.229 e. The molecular weight excluding hydrogens is 348 g/mol. The van der Waals surface area contributed by atoms with Crippen molar-refractivity contribution in [1.29, 1.82) is 0 Å². The number of hydrogen-bond donors (Lipinski definition) is 2. The van der Waals surface area contributed by atoms with Crippen molar-refractivity contribution in [3.05, 3.63) is 40.6 Å². The van der Waals surface area contributed by atoms with Crippen LogP contribution in [-0.4, -0.2) is 23.6 Å². The maximum atomic E-state index is 6.05. The van der Waals surface area contributed by atoms with Crippen molar-refractivity contribution < 1.29 is 4.74 Å². The van der Waals surface area contributed by atoms with E-state index in [1.807, 2.05) is 33.9 Å². The van der Waals surface area contributed by atoms with Crippen molar-refractivity contribution in [2.24, 2.45) is 0 Å². The van der Waals surface area contributed by atoms with Gasteiger partial charge in [0.25, 0.3) is 0 Å². The van der Waals surface area contributed by atoms with E-state index in [2.05, 4.69) is 53.5 Å². The fourth-order valence-electron chi connectivity index (χ4n) is 3.49. The number of aromatic nitrogens is 2. The third kappa shape index (κ3) is 4.83. The number of ether oxygens (including phenoxy) is 1. The molecule has 0 saturated carbocycles. The molecule has 2 aromatic rings. The van der Waals surface area contributed by atoms with Gasteiger partial charge >= 0.3 is 0 Å². The van der Waals surface area contributed by atoms with Crippen molar-refractivity contribution in [2.75, 3.05) is 24.3 Å². The van der Waals surface area contributed by atoms with Crippen molar-refractivity contribution >= 4 is 23.0 Å². The highest BCUT2D eigenvalue weighted by Gasteiger charge is 2.21. The Hall–Kier alpha value is -2.56. The van der Waals surface area contributed by atoms with Gasteiger partial charge in [-0.2, -0.15) is 4.98 Å². The fourth-order valence-corrected chi connectivity index (χ4v) is 3.49. The summed E-state index contributed by atoms with van der Waals surface area (Å²) in [7, 11) is 1.87. The monoisotopic (exact) mass is 382 g/mol. The van der Waals surface area contributed by atoms with E-state index in [4.69, 9.17) is 4.74 Å². The molecule has 28 heavy (non-hydrogen) atoms. The highest BCUT2D eigenvalue weighted by atomic mass is 16.5. The molecule has 0 bridgehead atoms. The lowest BCUT2D eigenvalue weighted by Gasteiger charge is -2.25. The third-order valence-electron chi connectivity index (χ3n) is 4.71. The average molecular weight is 383 g/mol. The number of nitrogens with one attached hydrogen (secondary N) is 2. The molecule has 2 heterocycles. The van der Waals surface area contributed by atoms with Crippen molar-refractivity contribution in [1.82, 2.24) is 9.97 Å². The maximum Gasteiger partial charge on any atom is 0.229 e. The SMILES string of the molecule is CC.CC/C=C(\C)c1c(C)c(Nc2nc(C)cc(NC)n2)cc2c1OCCC2. The number of allylic oxidation sites excluding steroid dienone is 2. The van der Waals surface area contributed by atoms with Crippen LogP contribution in [0.25, 0.3) is 5.57 Å². The summed E-state index contributed by atoms with van der Waals surface area (Å²) < 4.78 is 6.05. The predicted octanol–water partition coefficient (Wildman–Crippen LogP) is 6.04. The lowest BCUT2D eigenvalue weighted by atomic mass is 9.92. The highest BCUT2D eigenvalue weighted by molar-refractivity contribution is 5.79. The molecule has 0 radical (unpaired) electrons. The Balaban J connectivity index is 0.00000136. The van der Waals surface area contributed by atoms with Gasteiger partial charge in [-0.25, -0.2) is 4.98 Å². The highest BCUT2D eigenvalue weighted by Crippen LogP contribution is 2.40. The number of nitrogens with zero attached hydrogens (tertiary/aromatic N) is 2. The summed E-state index contributed by atoms with van der Waals surface area (Å²) in [4.78, 5) is 9.07. The average Bonchev–Trinajstić information content (AvgIpc) is 2.69. The Kier molecular flexibility index (Phi) is 7.85. The Morgan fingerprint density at radius 3 is 2.64 bits per heavy atom. The molecule has 0 amide bonds. The molecule has 0 aliphatic carbocycles. The lowest BCUT2D eigenvalue weighted by molar-refractivity contribution is 0.287. The van der Waals surface area contributed by atoms with Crippen LogP contribution in [0.3, 0.4) is 0 Å². The molecule has 1 aromatic carbocycles. The first-order chi connectivity index (χ1) is 13.5. The Labute approximate surface area is 169 Å². The summed E-state index contributed by atoms with van der Waals surface area (Å²) in [6, 6.07) is 4.12. The normalized spacial score (nSPS) is 13.0. The fraction of sp³-hybridized carbons (Fsp3) is 0.478. The molecule has 5 heteroatoms.